The normalized spacial score (nSPS) is 12.6. The molecule has 1 aromatic heterocycles. The van der Waals surface area contributed by atoms with E-state index < -0.39 is 0 Å². The first-order valence-electron chi connectivity index (χ1n) is 8.96. The summed E-state index contributed by atoms with van der Waals surface area (Å²) in [5, 5.41) is 6.74. The summed E-state index contributed by atoms with van der Waals surface area (Å²) >= 11 is 0. The monoisotopic (exact) mass is 469 g/mol. The number of nitrogens with one attached hydrogen (secondary N) is 2. The molecule has 0 spiro atoms. The van der Waals surface area contributed by atoms with Gasteiger partial charge < -0.3 is 20.1 Å². The molecule has 6 heteroatoms. The predicted octanol–water partition coefficient (Wildman–Crippen LogP) is 3.27. The Labute approximate surface area is 174 Å². The second-order valence-corrected chi connectivity index (χ2v) is 6.46. The van der Waals surface area contributed by atoms with Crippen LogP contribution in [0.15, 0.2) is 53.8 Å². The molecule has 0 aliphatic carbocycles. The Bertz CT molecular complexity index is 635. The van der Waals surface area contributed by atoms with Crippen molar-refractivity contribution in [2.45, 2.75) is 26.4 Å². The largest absolute Gasteiger partial charge is 0.357 e. The van der Waals surface area contributed by atoms with Crippen LogP contribution >= 0.6 is 24.0 Å². The van der Waals surface area contributed by atoms with Crippen molar-refractivity contribution in [1.82, 2.24) is 20.1 Å². The SMILES string of the molecule is CCNC(=NCC(c1ccc(C)cc1)N(C)C)NCCn1cccc1.I. The first-order chi connectivity index (χ1) is 12.1. The lowest BCUT2D eigenvalue weighted by atomic mass is 10.0. The van der Waals surface area contributed by atoms with Crippen LogP contribution in [0, 0.1) is 6.92 Å². The number of hydrogen-bond acceptors (Lipinski definition) is 2. The van der Waals surface area contributed by atoms with Crippen molar-refractivity contribution in [3.05, 3.63) is 59.9 Å². The maximum atomic E-state index is 4.80. The van der Waals surface area contributed by atoms with Crippen LogP contribution in [0.2, 0.25) is 0 Å². The summed E-state index contributed by atoms with van der Waals surface area (Å²) in [5.74, 6) is 0.869. The average Bonchev–Trinajstić information content (AvgIpc) is 3.09. The Morgan fingerprint density at radius 2 is 1.77 bits per heavy atom. The van der Waals surface area contributed by atoms with Crippen molar-refractivity contribution in [3.8, 4) is 0 Å². The zero-order chi connectivity index (χ0) is 18.1. The molecule has 2 rings (SSSR count). The lowest BCUT2D eigenvalue weighted by Gasteiger charge is -2.24. The van der Waals surface area contributed by atoms with Crippen LogP contribution in [0.4, 0.5) is 0 Å². The van der Waals surface area contributed by atoms with E-state index in [4.69, 9.17) is 4.99 Å². The number of aryl methyl sites for hydroxylation is 1. The summed E-state index contributed by atoms with van der Waals surface area (Å²) < 4.78 is 2.16. The molecular formula is C20H32IN5. The minimum atomic E-state index is 0. The highest BCUT2D eigenvalue weighted by Gasteiger charge is 2.13. The lowest BCUT2D eigenvalue weighted by Crippen LogP contribution is -2.39. The molecule has 144 valence electrons. The van der Waals surface area contributed by atoms with E-state index in [-0.39, 0.29) is 30.0 Å². The van der Waals surface area contributed by atoms with E-state index in [0.29, 0.717) is 0 Å². The number of aliphatic imine (C=N–C) groups is 1. The van der Waals surface area contributed by atoms with E-state index in [0.717, 1.165) is 32.1 Å². The lowest BCUT2D eigenvalue weighted by molar-refractivity contribution is 0.306. The van der Waals surface area contributed by atoms with Gasteiger partial charge in [0, 0.05) is 32.0 Å². The average molecular weight is 469 g/mol. The second-order valence-electron chi connectivity index (χ2n) is 6.46. The third kappa shape index (κ3) is 7.37. The third-order valence-corrected chi connectivity index (χ3v) is 4.18. The van der Waals surface area contributed by atoms with Gasteiger partial charge in [-0.05, 0) is 45.6 Å². The van der Waals surface area contributed by atoms with Gasteiger partial charge in [-0.25, -0.2) is 0 Å². The molecule has 0 fully saturated rings. The fourth-order valence-electron chi connectivity index (χ4n) is 2.70. The number of halogens is 1. The molecule has 0 aliphatic heterocycles. The van der Waals surface area contributed by atoms with E-state index >= 15 is 0 Å². The maximum absolute atomic E-state index is 4.80. The van der Waals surface area contributed by atoms with Gasteiger partial charge in [0.25, 0.3) is 0 Å². The molecule has 0 amide bonds. The molecular weight excluding hydrogens is 437 g/mol. The topological polar surface area (TPSA) is 44.6 Å². The van der Waals surface area contributed by atoms with Gasteiger partial charge in [-0.15, -0.1) is 24.0 Å². The van der Waals surface area contributed by atoms with Crippen LogP contribution in [-0.2, 0) is 6.54 Å². The van der Waals surface area contributed by atoms with Crippen LogP contribution in [0.5, 0.6) is 0 Å². The van der Waals surface area contributed by atoms with Crippen LogP contribution in [0.1, 0.15) is 24.1 Å². The maximum Gasteiger partial charge on any atom is 0.191 e. The van der Waals surface area contributed by atoms with Gasteiger partial charge in [-0.1, -0.05) is 29.8 Å². The van der Waals surface area contributed by atoms with E-state index in [1.165, 1.54) is 11.1 Å². The van der Waals surface area contributed by atoms with E-state index in [1.54, 1.807) is 0 Å². The van der Waals surface area contributed by atoms with Gasteiger partial charge in [0.05, 0.1) is 12.6 Å². The van der Waals surface area contributed by atoms with Crippen molar-refractivity contribution in [3.63, 3.8) is 0 Å². The summed E-state index contributed by atoms with van der Waals surface area (Å²) in [4.78, 5) is 7.02. The smallest absolute Gasteiger partial charge is 0.191 e. The minimum Gasteiger partial charge on any atom is -0.357 e. The third-order valence-electron chi connectivity index (χ3n) is 4.18. The number of rotatable bonds is 8. The fourth-order valence-corrected chi connectivity index (χ4v) is 2.70. The first kappa shape index (κ1) is 22.5. The van der Waals surface area contributed by atoms with Crippen LogP contribution < -0.4 is 10.6 Å². The van der Waals surface area contributed by atoms with Gasteiger partial charge >= 0.3 is 0 Å². The molecule has 0 bridgehead atoms. The Morgan fingerprint density at radius 1 is 1.12 bits per heavy atom. The summed E-state index contributed by atoms with van der Waals surface area (Å²) in [7, 11) is 4.21. The highest BCUT2D eigenvalue weighted by Crippen LogP contribution is 2.19. The van der Waals surface area contributed by atoms with Gasteiger partial charge in [0.15, 0.2) is 5.96 Å². The fraction of sp³-hybridized carbons (Fsp3) is 0.450. The molecule has 0 saturated heterocycles. The van der Waals surface area contributed by atoms with Crippen LogP contribution in [0.3, 0.4) is 0 Å². The van der Waals surface area contributed by atoms with Gasteiger partial charge in [-0.2, -0.15) is 0 Å². The van der Waals surface area contributed by atoms with Crippen molar-refractivity contribution >= 4 is 29.9 Å². The quantitative estimate of drug-likeness (QED) is 0.355. The zero-order valence-electron chi connectivity index (χ0n) is 16.3. The van der Waals surface area contributed by atoms with E-state index in [2.05, 4.69) is 84.7 Å². The molecule has 2 N–H and O–H groups in total. The van der Waals surface area contributed by atoms with Crippen LogP contribution in [0.25, 0.3) is 0 Å². The van der Waals surface area contributed by atoms with E-state index in [9.17, 15) is 0 Å². The van der Waals surface area contributed by atoms with Gasteiger partial charge in [0.1, 0.15) is 0 Å². The Morgan fingerprint density at radius 3 is 2.35 bits per heavy atom. The van der Waals surface area contributed by atoms with Crippen molar-refractivity contribution in [2.24, 2.45) is 4.99 Å². The molecule has 1 heterocycles. The van der Waals surface area contributed by atoms with Gasteiger partial charge in [-0.3, -0.25) is 4.99 Å². The van der Waals surface area contributed by atoms with Gasteiger partial charge in [0.2, 0.25) is 0 Å². The highest BCUT2D eigenvalue weighted by atomic mass is 127. The molecule has 0 aliphatic rings. The van der Waals surface area contributed by atoms with Crippen molar-refractivity contribution in [1.29, 1.82) is 0 Å². The Kier molecular flexibility index (Phi) is 10.3. The molecule has 1 unspecified atom stereocenters. The number of likely N-dealkylation sites (N-methyl/N-ethyl adjacent to an activating group) is 1. The predicted molar refractivity (Wildman–Crippen MR) is 121 cm³/mol. The number of aromatic nitrogens is 1. The molecule has 5 nitrogen and oxygen atoms in total. The number of nitrogens with zero attached hydrogens (tertiary/aromatic N) is 3. The highest BCUT2D eigenvalue weighted by molar-refractivity contribution is 14.0. The molecule has 0 saturated carbocycles. The summed E-state index contributed by atoms with van der Waals surface area (Å²) in [6.07, 6.45) is 4.15. The molecule has 1 atom stereocenters. The Balaban J connectivity index is 0.00000338. The molecule has 0 radical (unpaired) electrons. The number of guanidine groups is 1. The minimum absolute atomic E-state index is 0. The van der Waals surface area contributed by atoms with Crippen molar-refractivity contribution in [2.75, 3.05) is 33.7 Å². The first-order valence-corrected chi connectivity index (χ1v) is 8.96. The summed E-state index contributed by atoms with van der Waals surface area (Å²) in [6.45, 7) is 7.54. The zero-order valence-corrected chi connectivity index (χ0v) is 18.6. The molecule has 2 aromatic rings. The summed E-state index contributed by atoms with van der Waals surface area (Å²) in [6, 6.07) is 13.1. The van der Waals surface area contributed by atoms with Crippen molar-refractivity contribution < 1.29 is 0 Å². The number of hydrogen-bond donors (Lipinski definition) is 2. The Hall–Kier alpha value is -1.54. The summed E-state index contributed by atoms with van der Waals surface area (Å²) in [5.41, 5.74) is 2.58. The molecule has 26 heavy (non-hydrogen) atoms. The van der Waals surface area contributed by atoms with E-state index in [1.807, 2.05) is 12.1 Å². The number of benzene rings is 1. The standard InChI is InChI=1S/C20H31N5.HI/c1-5-21-20(22-12-15-25-13-6-7-14-25)23-16-19(24(3)4)18-10-8-17(2)9-11-18;/h6-11,13-14,19H,5,12,15-16H2,1-4H3,(H2,21,22,23);1H. The molecule has 1 aromatic carbocycles. The second kappa shape index (κ2) is 12.0. The van der Waals surface area contributed by atoms with Crippen LogP contribution in [-0.4, -0.2) is 49.2 Å².